The number of ether oxygens (including phenoxy) is 1. The summed E-state index contributed by atoms with van der Waals surface area (Å²) in [6.45, 7) is 8.45. The Labute approximate surface area is 115 Å². The second-order valence-electron chi connectivity index (χ2n) is 4.70. The summed E-state index contributed by atoms with van der Waals surface area (Å²) >= 11 is 1.80. The third-order valence-electron chi connectivity index (χ3n) is 3.38. The van der Waals surface area contributed by atoms with Gasteiger partial charge in [-0.05, 0) is 31.4 Å². The van der Waals surface area contributed by atoms with Gasteiger partial charge in [0.2, 0.25) is 0 Å². The maximum absolute atomic E-state index is 10.3. The highest BCUT2D eigenvalue weighted by Gasteiger charge is 2.17. The van der Waals surface area contributed by atoms with E-state index in [2.05, 4.69) is 20.8 Å². The second kappa shape index (κ2) is 7.05. The zero-order chi connectivity index (χ0) is 13.7. The molecule has 0 radical (unpaired) electrons. The Bertz CT molecular complexity index is 390. The smallest absolute Gasteiger partial charge is 0.127 e. The number of aliphatic hydroxyl groups is 1. The Morgan fingerprint density at radius 3 is 2.56 bits per heavy atom. The Kier molecular flexibility index (Phi) is 6.03. The largest absolute Gasteiger partial charge is 0.496 e. The third-order valence-corrected chi connectivity index (χ3v) is 4.79. The van der Waals surface area contributed by atoms with Gasteiger partial charge in [-0.3, -0.25) is 0 Å². The number of methoxy groups -OCH3 is 1. The van der Waals surface area contributed by atoms with Crippen LogP contribution >= 0.6 is 11.8 Å². The number of rotatable bonds is 6. The molecule has 0 heterocycles. The zero-order valence-electron chi connectivity index (χ0n) is 12.0. The molecule has 0 aliphatic heterocycles. The van der Waals surface area contributed by atoms with Gasteiger partial charge < -0.3 is 9.84 Å². The molecule has 1 N–H and O–H groups in total. The first-order valence-corrected chi connectivity index (χ1v) is 7.49. The summed E-state index contributed by atoms with van der Waals surface area (Å²) < 4.78 is 5.44. The summed E-state index contributed by atoms with van der Waals surface area (Å²) in [5, 5.41) is 10.9. The predicted molar refractivity (Wildman–Crippen MR) is 79.6 cm³/mol. The van der Waals surface area contributed by atoms with Crippen LogP contribution in [0.3, 0.4) is 0 Å². The van der Waals surface area contributed by atoms with Crippen LogP contribution in [0.4, 0.5) is 0 Å². The highest BCUT2D eigenvalue weighted by atomic mass is 32.2. The molecule has 0 aliphatic rings. The van der Waals surface area contributed by atoms with Crippen molar-refractivity contribution >= 4 is 11.8 Å². The van der Waals surface area contributed by atoms with Crippen LogP contribution in [0.25, 0.3) is 0 Å². The Balaban J connectivity index is 2.85. The van der Waals surface area contributed by atoms with E-state index in [1.807, 2.05) is 19.1 Å². The van der Waals surface area contributed by atoms with Gasteiger partial charge in [-0.2, -0.15) is 11.8 Å². The average molecular weight is 268 g/mol. The molecule has 0 amide bonds. The van der Waals surface area contributed by atoms with Crippen molar-refractivity contribution in [3.63, 3.8) is 0 Å². The minimum atomic E-state index is -0.460. The van der Waals surface area contributed by atoms with Crippen LogP contribution in [0.1, 0.15) is 43.1 Å². The van der Waals surface area contributed by atoms with Gasteiger partial charge in [0.1, 0.15) is 5.75 Å². The third kappa shape index (κ3) is 3.66. The minimum Gasteiger partial charge on any atom is -0.496 e. The summed E-state index contributed by atoms with van der Waals surface area (Å²) in [6.07, 6.45) is 0.666. The number of aryl methyl sites for hydroxylation is 1. The summed E-state index contributed by atoms with van der Waals surface area (Å²) in [5.41, 5.74) is 3.20. The van der Waals surface area contributed by atoms with Gasteiger partial charge in [-0.25, -0.2) is 0 Å². The number of hydrogen-bond donors (Lipinski definition) is 1. The minimum absolute atomic E-state index is 0.460. The Morgan fingerprint density at radius 1 is 1.33 bits per heavy atom. The van der Waals surface area contributed by atoms with Crippen molar-refractivity contribution in [2.45, 2.75) is 45.5 Å². The number of benzene rings is 1. The van der Waals surface area contributed by atoms with Crippen LogP contribution < -0.4 is 4.74 Å². The average Bonchev–Trinajstić information content (AvgIpc) is 2.38. The Hall–Kier alpha value is -0.670. The first-order chi connectivity index (χ1) is 8.51. The maximum atomic E-state index is 10.3. The molecule has 1 aromatic rings. The van der Waals surface area contributed by atoms with E-state index in [0.717, 1.165) is 23.3 Å². The fraction of sp³-hybridized carbons (Fsp3) is 0.600. The molecule has 2 nitrogen and oxygen atoms in total. The number of thioether (sulfide) groups is 1. The lowest BCUT2D eigenvalue weighted by atomic mass is 10.0. The molecule has 0 aromatic heterocycles. The van der Waals surface area contributed by atoms with Gasteiger partial charge in [0.25, 0.3) is 0 Å². The molecule has 18 heavy (non-hydrogen) atoms. The topological polar surface area (TPSA) is 29.5 Å². The molecule has 102 valence electrons. The van der Waals surface area contributed by atoms with Gasteiger partial charge in [0.05, 0.1) is 13.2 Å². The molecule has 1 aromatic carbocycles. The number of hydrogen-bond acceptors (Lipinski definition) is 3. The van der Waals surface area contributed by atoms with E-state index in [1.165, 1.54) is 5.56 Å². The van der Waals surface area contributed by atoms with Crippen LogP contribution in [-0.4, -0.2) is 23.2 Å². The van der Waals surface area contributed by atoms with Gasteiger partial charge >= 0.3 is 0 Å². The maximum Gasteiger partial charge on any atom is 0.127 e. The first kappa shape index (κ1) is 15.4. The molecule has 2 unspecified atom stereocenters. The monoisotopic (exact) mass is 268 g/mol. The van der Waals surface area contributed by atoms with Gasteiger partial charge in [-0.15, -0.1) is 0 Å². The lowest BCUT2D eigenvalue weighted by molar-refractivity contribution is 0.198. The summed E-state index contributed by atoms with van der Waals surface area (Å²) in [7, 11) is 1.67. The molecule has 0 saturated heterocycles. The van der Waals surface area contributed by atoms with E-state index >= 15 is 0 Å². The fourth-order valence-corrected chi connectivity index (χ4v) is 2.73. The lowest BCUT2D eigenvalue weighted by Gasteiger charge is -2.19. The van der Waals surface area contributed by atoms with Crippen molar-refractivity contribution < 1.29 is 9.84 Å². The van der Waals surface area contributed by atoms with Crippen LogP contribution in [0.15, 0.2) is 12.1 Å². The van der Waals surface area contributed by atoms with Crippen LogP contribution in [-0.2, 0) is 0 Å². The van der Waals surface area contributed by atoms with Crippen LogP contribution in [0.2, 0.25) is 0 Å². The van der Waals surface area contributed by atoms with Crippen molar-refractivity contribution in [2.24, 2.45) is 0 Å². The van der Waals surface area contributed by atoms with Crippen molar-refractivity contribution in [3.05, 3.63) is 28.8 Å². The van der Waals surface area contributed by atoms with Crippen molar-refractivity contribution in [2.75, 3.05) is 12.9 Å². The van der Waals surface area contributed by atoms with E-state index < -0.39 is 6.10 Å². The number of aliphatic hydroxyl groups excluding tert-OH is 1. The molecular formula is C15H24O2S. The van der Waals surface area contributed by atoms with E-state index in [-0.39, 0.29) is 0 Å². The molecule has 0 spiro atoms. The van der Waals surface area contributed by atoms with E-state index in [4.69, 9.17) is 4.74 Å². The highest BCUT2D eigenvalue weighted by molar-refractivity contribution is 7.99. The normalized spacial score (nSPS) is 14.3. The second-order valence-corrected chi connectivity index (χ2v) is 6.17. The molecule has 2 atom stereocenters. The fourth-order valence-electron chi connectivity index (χ4n) is 1.81. The highest BCUT2D eigenvalue weighted by Crippen LogP contribution is 2.33. The lowest BCUT2D eigenvalue weighted by Crippen LogP contribution is -2.07. The van der Waals surface area contributed by atoms with E-state index in [9.17, 15) is 5.11 Å². The van der Waals surface area contributed by atoms with Gasteiger partial charge in [-0.1, -0.05) is 26.0 Å². The van der Waals surface area contributed by atoms with Crippen molar-refractivity contribution in [1.29, 1.82) is 0 Å². The molecule has 0 aliphatic carbocycles. The predicted octanol–water partition coefficient (Wildman–Crippen LogP) is 3.88. The van der Waals surface area contributed by atoms with E-state index in [0.29, 0.717) is 11.0 Å². The Morgan fingerprint density at radius 2 is 2.00 bits per heavy atom. The van der Waals surface area contributed by atoms with Crippen LogP contribution in [0.5, 0.6) is 5.75 Å². The molecule has 3 heteroatoms. The SMILES string of the molecule is CCC(C)SCC(O)c1ccc(C)c(C)c1OC. The molecule has 0 bridgehead atoms. The van der Waals surface area contributed by atoms with Crippen molar-refractivity contribution in [1.82, 2.24) is 0 Å². The van der Waals surface area contributed by atoms with Gasteiger partial charge in [0.15, 0.2) is 0 Å². The zero-order valence-corrected chi connectivity index (χ0v) is 12.8. The van der Waals surface area contributed by atoms with Crippen LogP contribution in [0, 0.1) is 13.8 Å². The molecular weight excluding hydrogens is 244 g/mol. The standard InChI is InChI=1S/C15H24O2S/c1-6-11(3)18-9-14(16)13-8-7-10(2)12(4)15(13)17-5/h7-8,11,14,16H,6,9H2,1-5H3. The van der Waals surface area contributed by atoms with Crippen molar-refractivity contribution in [3.8, 4) is 5.75 Å². The summed E-state index contributed by atoms with van der Waals surface area (Å²) in [4.78, 5) is 0. The molecule has 0 saturated carbocycles. The van der Waals surface area contributed by atoms with Gasteiger partial charge in [0, 0.05) is 16.6 Å². The van der Waals surface area contributed by atoms with E-state index in [1.54, 1.807) is 18.9 Å². The summed E-state index contributed by atoms with van der Waals surface area (Å²) in [6, 6.07) is 4.02. The molecule has 1 rings (SSSR count). The molecule has 0 fully saturated rings. The summed E-state index contributed by atoms with van der Waals surface area (Å²) in [5.74, 6) is 1.54. The quantitative estimate of drug-likeness (QED) is 0.849. The first-order valence-electron chi connectivity index (χ1n) is 6.45.